The average molecular weight is 192 g/mol. The first-order valence-electron chi connectivity index (χ1n) is 5.83. The summed E-state index contributed by atoms with van der Waals surface area (Å²) in [7, 11) is 0. The molecule has 0 unspecified atom stereocenters. The molecule has 0 fully saturated rings. The Balaban J connectivity index is 3.12. The van der Waals surface area contributed by atoms with Crippen molar-refractivity contribution in [2.45, 2.75) is 52.4 Å². The molecule has 0 saturated heterocycles. The summed E-state index contributed by atoms with van der Waals surface area (Å²) in [5, 5.41) is 0. The van der Waals surface area contributed by atoms with Gasteiger partial charge in [-0.2, -0.15) is 0 Å². The van der Waals surface area contributed by atoms with E-state index in [1.807, 2.05) is 0 Å². The third-order valence-corrected chi connectivity index (χ3v) is 2.07. The second-order valence-electron chi connectivity index (χ2n) is 3.44. The number of rotatable bonds is 8. The summed E-state index contributed by atoms with van der Waals surface area (Å²) in [4.78, 5) is 0. The number of hydrogen-bond donors (Lipinski definition) is 0. The summed E-state index contributed by atoms with van der Waals surface area (Å²) in [6.07, 6.45) is 20.8. The first-order chi connectivity index (χ1) is 6.91. The van der Waals surface area contributed by atoms with E-state index in [4.69, 9.17) is 0 Å². The summed E-state index contributed by atoms with van der Waals surface area (Å²) < 4.78 is 0. The fourth-order valence-corrected chi connectivity index (χ4v) is 1.24. The highest BCUT2D eigenvalue weighted by Crippen LogP contribution is 2.02. The van der Waals surface area contributed by atoms with Crippen LogP contribution < -0.4 is 0 Å². The van der Waals surface area contributed by atoms with E-state index < -0.39 is 0 Å². The molecule has 0 saturated carbocycles. The summed E-state index contributed by atoms with van der Waals surface area (Å²) >= 11 is 0. The Morgan fingerprint density at radius 2 is 1.43 bits per heavy atom. The zero-order chi connectivity index (χ0) is 10.5. The maximum Gasteiger partial charge on any atom is -0.0169 e. The largest absolute Gasteiger partial charge is 0.0914 e. The molecule has 0 aromatic carbocycles. The van der Waals surface area contributed by atoms with Crippen LogP contribution in [0, 0.1) is 0 Å². The molecule has 0 aliphatic heterocycles. The van der Waals surface area contributed by atoms with Crippen molar-refractivity contribution in [1.29, 1.82) is 0 Å². The monoisotopic (exact) mass is 192 g/mol. The van der Waals surface area contributed by atoms with Crippen LogP contribution in [0.3, 0.4) is 0 Å². The molecule has 0 heteroatoms. The molecule has 0 aromatic rings. The van der Waals surface area contributed by atoms with E-state index in [1.54, 1.807) is 0 Å². The third kappa shape index (κ3) is 11.2. The predicted octanol–water partition coefficient (Wildman–Crippen LogP) is 5.04. The minimum absolute atomic E-state index is 1.09. The predicted molar refractivity (Wildman–Crippen MR) is 66.5 cm³/mol. The van der Waals surface area contributed by atoms with Gasteiger partial charge in [0, 0.05) is 0 Å². The van der Waals surface area contributed by atoms with Crippen molar-refractivity contribution in [3.8, 4) is 0 Å². The Morgan fingerprint density at radius 1 is 0.786 bits per heavy atom. The van der Waals surface area contributed by atoms with Gasteiger partial charge in [-0.05, 0) is 45.4 Å². The fourth-order valence-electron chi connectivity index (χ4n) is 1.24. The maximum absolute atomic E-state index is 2.30. The lowest BCUT2D eigenvalue weighted by Crippen LogP contribution is -1.72. The van der Waals surface area contributed by atoms with Gasteiger partial charge < -0.3 is 0 Å². The molecule has 0 nitrogen and oxygen atoms in total. The van der Waals surface area contributed by atoms with Gasteiger partial charge in [0.2, 0.25) is 0 Å². The zero-order valence-electron chi connectivity index (χ0n) is 9.71. The first kappa shape index (κ1) is 13.2. The van der Waals surface area contributed by atoms with E-state index in [-0.39, 0.29) is 0 Å². The summed E-state index contributed by atoms with van der Waals surface area (Å²) in [5.74, 6) is 0. The molecule has 14 heavy (non-hydrogen) atoms. The van der Waals surface area contributed by atoms with Gasteiger partial charge in [0.25, 0.3) is 0 Å². The van der Waals surface area contributed by atoms with Crippen LogP contribution in [0.1, 0.15) is 52.4 Å². The molecule has 0 bridgehead atoms. The van der Waals surface area contributed by atoms with Gasteiger partial charge in [0.1, 0.15) is 0 Å². The van der Waals surface area contributed by atoms with Gasteiger partial charge in [0.05, 0.1) is 0 Å². The lowest BCUT2D eigenvalue weighted by atomic mass is 10.1. The number of unbranched alkanes of at least 4 members (excludes halogenated alkanes) is 3. The molecule has 0 rings (SSSR count). The van der Waals surface area contributed by atoms with Gasteiger partial charge >= 0.3 is 0 Å². The summed E-state index contributed by atoms with van der Waals surface area (Å²) in [6, 6.07) is 0. The van der Waals surface area contributed by atoms with Gasteiger partial charge in [-0.3, -0.25) is 0 Å². The standard InChI is InChI=1S/C14H24/c1-3-5-7-9-11-13-14-12-10-8-6-4-2/h3,5-6,8-9,11H,4,7,10,12-14H2,1-2H3. The molecule has 0 radical (unpaired) electrons. The summed E-state index contributed by atoms with van der Waals surface area (Å²) in [6.45, 7) is 4.24. The van der Waals surface area contributed by atoms with E-state index in [2.05, 4.69) is 50.3 Å². The van der Waals surface area contributed by atoms with Crippen LogP contribution in [0.5, 0.6) is 0 Å². The molecule has 80 valence electrons. The topological polar surface area (TPSA) is 0 Å². The number of allylic oxidation sites excluding steroid dienone is 6. The molecule has 0 N–H and O–H groups in total. The quantitative estimate of drug-likeness (QED) is 0.373. The smallest absolute Gasteiger partial charge is 0.0169 e. The molecule has 0 aliphatic rings. The van der Waals surface area contributed by atoms with Crippen molar-refractivity contribution in [3.63, 3.8) is 0 Å². The summed E-state index contributed by atoms with van der Waals surface area (Å²) in [5.41, 5.74) is 0. The van der Waals surface area contributed by atoms with Crippen molar-refractivity contribution < 1.29 is 0 Å². The number of hydrogen-bond acceptors (Lipinski definition) is 0. The van der Waals surface area contributed by atoms with Crippen molar-refractivity contribution in [2.24, 2.45) is 0 Å². The normalized spacial score (nSPS) is 12.4. The van der Waals surface area contributed by atoms with Crippen molar-refractivity contribution in [2.75, 3.05) is 0 Å². The van der Waals surface area contributed by atoms with E-state index in [1.165, 1.54) is 32.1 Å². The molecule has 0 aromatic heterocycles. The lowest BCUT2D eigenvalue weighted by molar-refractivity contribution is 0.760. The van der Waals surface area contributed by atoms with Crippen LogP contribution in [0.15, 0.2) is 36.5 Å². The second-order valence-corrected chi connectivity index (χ2v) is 3.44. The highest BCUT2D eigenvalue weighted by molar-refractivity contribution is 4.91. The molecular formula is C14H24. The third-order valence-electron chi connectivity index (χ3n) is 2.07. The average Bonchev–Trinajstić information content (AvgIpc) is 2.21. The van der Waals surface area contributed by atoms with E-state index >= 15 is 0 Å². The van der Waals surface area contributed by atoms with Crippen LogP contribution in [-0.2, 0) is 0 Å². The van der Waals surface area contributed by atoms with E-state index in [0.29, 0.717) is 0 Å². The highest BCUT2D eigenvalue weighted by Gasteiger charge is 1.82. The van der Waals surface area contributed by atoms with E-state index in [0.717, 1.165) is 6.42 Å². The van der Waals surface area contributed by atoms with Crippen LogP contribution in [-0.4, -0.2) is 0 Å². The maximum atomic E-state index is 2.30. The molecule has 0 aliphatic carbocycles. The fraction of sp³-hybridized carbons (Fsp3) is 0.571. The minimum atomic E-state index is 1.09. The molecule has 0 heterocycles. The highest BCUT2D eigenvalue weighted by atomic mass is 13.9. The first-order valence-corrected chi connectivity index (χ1v) is 5.83. The van der Waals surface area contributed by atoms with Crippen LogP contribution >= 0.6 is 0 Å². The SMILES string of the molecule is CC=CCC=CCCCCC=CCC. The van der Waals surface area contributed by atoms with Gasteiger partial charge in [-0.15, -0.1) is 0 Å². The zero-order valence-corrected chi connectivity index (χ0v) is 9.71. The van der Waals surface area contributed by atoms with Crippen molar-refractivity contribution in [1.82, 2.24) is 0 Å². The van der Waals surface area contributed by atoms with Crippen LogP contribution in [0.2, 0.25) is 0 Å². The lowest BCUT2D eigenvalue weighted by Gasteiger charge is -1.92. The van der Waals surface area contributed by atoms with Crippen molar-refractivity contribution >= 4 is 0 Å². The molecule has 0 amide bonds. The Hall–Kier alpha value is -0.780. The van der Waals surface area contributed by atoms with Gasteiger partial charge in [-0.25, -0.2) is 0 Å². The van der Waals surface area contributed by atoms with Crippen LogP contribution in [0.4, 0.5) is 0 Å². The Bertz CT molecular complexity index is 172. The van der Waals surface area contributed by atoms with Crippen LogP contribution in [0.25, 0.3) is 0 Å². The Kier molecular flexibility index (Phi) is 11.5. The minimum Gasteiger partial charge on any atom is -0.0914 e. The Labute approximate surface area is 89.4 Å². The molecular weight excluding hydrogens is 168 g/mol. The second kappa shape index (κ2) is 12.2. The van der Waals surface area contributed by atoms with Crippen molar-refractivity contribution in [3.05, 3.63) is 36.5 Å². The molecule has 0 spiro atoms. The van der Waals surface area contributed by atoms with Gasteiger partial charge in [0.15, 0.2) is 0 Å². The molecule has 0 atom stereocenters. The van der Waals surface area contributed by atoms with Gasteiger partial charge in [-0.1, -0.05) is 43.4 Å². The Morgan fingerprint density at radius 3 is 2.00 bits per heavy atom. The van der Waals surface area contributed by atoms with E-state index in [9.17, 15) is 0 Å².